The maximum Gasteiger partial charge on any atom is 0.146 e. The van der Waals surface area contributed by atoms with Gasteiger partial charge >= 0.3 is 0 Å². The highest BCUT2D eigenvalue weighted by molar-refractivity contribution is 6.18. The fourth-order valence-electron chi connectivity index (χ4n) is 0.778. The Morgan fingerprint density at radius 2 is 2.67 bits per heavy atom. The Labute approximate surface area is 59.8 Å². The summed E-state index contributed by atoms with van der Waals surface area (Å²) in [5.41, 5.74) is 1.13. The van der Waals surface area contributed by atoms with E-state index < -0.39 is 0 Å². The van der Waals surface area contributed by atoms with Gasteiger partial charge in [0.2, 0.25) is 0 Å². The van der Waals surface area contributed by atoms with E-state index in [1.165, 1.54) is 0 Å². The molecule has 0 spiro atoms. The van der Waals surface area contributed by atoms with Crippen LogP contribution in [-0.4, -0.2) is 17.7 Å². The molecule has 0 bridgehead atoms. The zero-order valence-electron chi connectivity index (χ0n) is 5.43. The average molecular weight is 148 g/mol. The zero-order valence-corrected chi connectivity index (χ0v) is 6.19. The van der Waals surface area contributed by atoms with Crippen molar-refractivity contribution in [2.75, 3.05) is 5.88 Å². The lowest BCUT2D eigenvalue weighted by molar-refractivity contribution is 0.102. The third-order valence-corrected chi connectivity index (χ3v) is 1.72. The molecule has 1 unspecified atom stereocenters. The van der Waals surface area contributed by atoms with Crippen LogP contribution < -0.4 is 0 Å². The Morgan fingerprint density at radius 3 is 3.00 bits per heavy atom. The van der Waals surface area contributed by atoms with Gasteiger partial charge in [-0.05, 0) is 6.42 Å². The molecule has 1 aliphatic heterocycles. The van der Waals surface area contributed by atoms with E-state index in [1.54, 1.807) is 0 Å². The topological polar surface area (TPSA) is 21.6 Å². The first kappa shape index (κ1) is 6.87. The lowest BCUT2D eigenvalue weighted by atomic mass is 10.2. The van der Waals surface area contributed by atoms with Gasteiger partial charge in [-0.25, -0.2) is 0 Å². The van der Waals surface area contributed by atoms with Crippen molar-refractivity contribution in [3.8, 4) is 0 Å². The monoisotopic (exact) mass is 147 g/mol. The third kappa shape index (κ3) is 1.58. The van der Waals surface area contributed by atoms with Gasteiger partial charge in [-0.3, -0.25) is 0 Å². The molecule has 0 aromatic rings. The summed E-state index contributed by atoms with van der Waals surface area (Å²) >= 11 is 5.53. The molecule has 0 aliphatic carbocycles. The van der Waals surface area contributed by atoms with Crippen LogP contribution in [0.5, 0.6) is 0 Å². The van der Waals surface area contributed by atoms with Gasteiger partial charge in [0.25, 0.3) is 0 Å². The van der Waals surface area contributed by atoms with E-state index in [0.717, 1.165) is 18.6 Å². The molecule has 9 heavy (non-hydrogen) atoms. The molecule has 0 fully saturated rings. The van der Waals surface area contributed by atoms with Crippen LogP contribution in [0, 0.1) is 0 Å². The van der Waals surface area contributed by atoms with E-state index in [-0.39, 0.29) is 6.10 Å². The van der Waals surface area contributed by atoms with E-state index in [9.17, 15) is 0 Å². The fourth-order valence-corrected chi connectivity index (χ4v) is 0.943. The minimum atomic E-state index is 0.140. The molecule has 0 saturated heterocycles. The second-order valence-electron chi connectivity index (χ2n) is 2.10. The second kappa shape index (κ2) is 3.06. The average Bonchev–Trinajstić information content (AvgIpc) is 2.34. The number of oxime groups is 1. The summed E-state index contributed by atoms with van der Waals surface area (Å²) in [6, 6.07) is 0. The van der Waals surface area contributed by atoms with Gasteiger partial charge in [0.05, 0.1) is 11.6 Å². The molecule has 1 aliphatic rings. The molecule has 0 saturated carbocycles. The number of hydrogen-bond donors (Lipinski definition) is 0. The molecule has 2 nitrogen and oxygen atoms in total. The van der Waals surface area contributed by atoms with Crippen molar-refractivity contribution < 1.29 is 4.84 Å². The van der Waals surface area contributed by atoms with Gasteiger partial charge in [0, 0.05) is 6.42 Å². The third-order valence-electron chi connectivity index (χ3n) is 1.37. The van der Waals surface area contributed by atoms with Gasteiger partial charge in [-0.1, -0.05) is 12.1 Å². The Kier molecular flexibility index (Phi) is 2.34. The summed E-state index contributed by atoms with van der Waals surface area (Å²) in [7, 11) is 0. The molecule has 0 aromatic carbocycles. The van der Waals surface area contributed by atoms with Crippen molar-refractivity contribution in [1.82, 2.24) is 0 Å². The predicted octanol–water partition coefficient (Wildman–Crippen LogP) is 1.78. The highest BCUT2D eigenvalue weighted by Gasteiger charge is 2.17. The molecule has 0 aromatic heterocycles. The fraction of sp³-hybridized carbons (Fsp3) is 0.833. The number of hydrogen-bond acceptors (Lipinski definition) is 2. The van der Waals surface area contributed by atoms with Gasteiger partial charge < -0.3 is 4.84 Å². The summed E-state index contributed by atoms with van der Waals surface area (Å²) in [6.45, 7) is 2.07. The zero-order chi connectivity index (χ0) is 6.69. The summed E-state index contributed by atoms with van der Waals surface area (Å²) in [5.74, 6) is 0.549. The van der Waals surface area contributed by atoms with Crippen LogP contribution in [0.1, 0.15) is 19.8 Å². The number of nitrogens with zero attached hydrogens (tertiary/aromatic N) is 1. The lowest BCUT2D eigenvalue weighted by Gasteiger charge is -1.99. The van der Waals surface area contributed by atoms with Crippen molar-refractivity contribution in [2.24, 2.45) is 5.16 Å². The SMILES string of the molecule is CCC1=NOC(CCl)C1. The predicted molar refractivity (Wildman–Crippen MR) is 37.9 cm³/mol. The number of halogens is 1. The van der Waals surface area contributed by atoms with Gasteiger partial charge in [0.1, 0.15) is 6.10 Å². The maximum absolute atomic E-state index is 5.53. The van der Waals surface area contributed by atoms with Crippen LogP contribution in [-0.2, 0) is 4.84 Å². The second-order valence-corrected chi connectivity index (χ2v) is 2.41. The van der Waals surface area contributed by atoms with Gasteiger partial charge in [-0.15, -0.1) is 11.6 Å². The molecule has 3 heteroatoms. The van der Waals surface area contributed by atoms with Gasteiger partial charge in [-0.2, -0.15) is 0 Å². The Hall–Kier alpha value is -0.240. The van der Waals surface area contributed by atoms with Gasteiger partial charge in [0.15, 0.2) is 0 Å². The van der Waals surface area contributed by atoms with Crippen LogP contribution in [0.4, 0.5) is 0 Å². The molecular weight excluding hydrogens is 138 g/mol. The summed E-state index contributed by atoms with van der Waals surface area (Å²) in [4.78, 5) is 4.96. The minimum Gasteiger partial charge on any atom is -0.391 e. The van der Waals surface area contributed by atoms with E-state index in [2.05, 4.69) is 12.1 Å². The van der Waals surface area contributed by atoms with E-state index in [0.29, 0.717) is 5.88 Å². The van der Waals surface area contributed by atoms with Crippen molar-refractivity contribution in [2.45, 2.75) is 25.9 Å². The van der Waals surface area contributed by atoms with E-state index in [4.69, 9.17) is 16.4 Å². The molecule has 0 N–H and O–H groups in total. The normalized spacial score (nSPS) is 25.6. The Balaban J connectivity index is 2.31. The van der Waals surface area contributed by atoms with Crippen LogP contribution in [0.3, 0.4) is 0 Å². The smallest absolute Gasteiger partial charge is 0.146 e. The molecule has 1 rings (SSSR count). The highest BCUT2D eigenvalue weighted by atomic mass is 35.5. The highest BCUT2D eigenvalue weighted by Crippen LogP contribution is 2.12. The van der Waals surface area contributed by atoms with Crippen molar-refractivity contribution in [3.05, 3.63) is 0 Å². The molecule has 0 amide bonds. The summed E-state index contributed by atoms with van der Waals surface area (Å²) in [6.07, 6.45) is 2.04. The van der Waals surface area contributed by atoms with Crippen molar-refractivity contribution in [1.29, 1.82) is 0 Å². The van der Waals surface area contributed by atoms with Crippen molar-refractivity contribution in [3.63, 3.8) is 0 Å². The van der Waals surface area contributed by atoms with Crippen molar-refractivity contribution >= 4 is 17.3 Å². The Bertz CT molecular complexity index is 124. The van der Waals surface area contributed by atoms with Crippen LogP contribution in [0.2, 0.25) is 0 Å². The molecule has 1 heterocycles. The van der Waals surface area contributed by atoms with E-state index in [1.807, 2.05) is 0 Å². The lowest BCUT2D eigenvalue weighted by Crippen LogP contribution is -2.08. The summed E-state index contributed by atoms with van der Waals surface area (Å²) in [5, 5.41) is 3.84. The molecular formula is C6H10ClNO. The quantitative estimate of drug-likeness (QED) is 0.546. The first-order valence-corrected chi connectivity index (χ1v) is 3.67. The summed E-state index contributed by atoms with van der Waals surface area (Å²) < 4.78 is 0. The van der Waals surface area contributed by atoms with Crippen LogP contribution in [0.15, 0.2) is 5.16 Å². The Morgan fingerprint density at radius 1 is 1.89 bits per heavy atom. The number of alkyl halides is 1. The standard InChI is InChI=1S/C6H10ClNO/c1-2-5-3-6(4-7)9-8-5/h6H,2-4H2,1H3. The molecule has 0 radical (unpaired) electrons. The molecule has 52 valence electrons. The van der Waals surface area contributed by atoms with E-state index >= 15 is 0 Å². The van der Waals surface area contributed by atoms with Crippen LogP contribution >= 0.6 is 11.6 Å². The largest absolute Gasteiger partial charge is 0.391 e. The first-order chi connectivity index (χ1) is 4.36. The minimum absolute atomic E-state index is 0.140. The maximum atomic E-state index is 5.53. The van der Waals surface area contributed by atoms with Crippen LogP contribution in [0.25, 0.3) is 0 Å². The first-order valence-electron chi connectivity index (χ1n) is 3.14. The number of rotatable bonds is 2. The molecule has 1 atom stereocenters.